The van der Waals surface area contributed by atoms with Crippen LogP contribution in [0.25, 0.3) is 0 Å². The van der Waals surface area contributed by atoms with Gasteiger partial charge in [-0.25, -0.2) is 13.2 Å². The lowest BCUT2D eigenvalue weighted by molar-refractivity contribution is -0.139. The van der Waals surface area contributed by atoms with Gasteiger partial charge in [-0.3, -0.25) is 4.98 Å². The van der Waals surface area contributed by atoms with Gasteiger partial charge in [0.25, 0.3) is 0 Å². The van der Waals surface area contributed by atoms with Gasteiger partial charge in [0.2, 0.25) is 10.0 Å². The molecule has 0 bridgehead atoms. The van der Waals surface area contributed by atoms with Crippen LogP contribution in [0.4, 0.5) is 0 Å². The number of hydrogen-bond acceptors (Lipinski definition) is 5. The summed E-state index contributed by atoms with van der Waals surface area (Å²) in [5.74, 6) is -0.722. The number of nitrogens with zero attached hydrogens (tertiary/aromatic N) is 2. The van der Waals surface area contributed by atoms with E-state index in [2.05, 4.69) is 4.98 Å². The van der Waals surface area contributed by atoms with Crippen molar-refractivity contribution >= 4 is 27.6 Å². The number of carboxylic acid groups (broad SMARTS) is 1. The number of carbonyl (C=O) groups is 1. The molecule has 3 aromatic rings. The number of halogens is 1. The van der Waals surface area contributed by atoms with Crippen LogP contribution in [0.3, 0.4) is 0 Å². The molecule has 2 aromatic carbocycles. The van der Waals surface area contributed by atoms with Crippen LogP contribution in [0.15, 0.2) is 78.0 Å². The van der Waals surface area contributed by atoms with Gasteiger partial charge in [0.15, 0.2) is 6.61 Å². The summed E-state index contributed by atoms with van der Waals surface area (Å²) < 4.78 is 33.2. The van der Waals surface area contributed by atoms with Crippen molar-refractivity contribution in [2.75, 3.05) is 13.2 Å². The van der Waals surface area contributed by atoms with E-state index in [4.69, 9.17) is 21.4 Å². The Hall–Kier alpha value is -2.94. The number of benzene rings is 2. The monoisotopic (exact) mass is 474 g/mol. The first kappa shape index (κ1) is 23.7. The molecule has 3 rings (SSSR count). The highest BCUT2D eigenvalue weighted by atomic mass is 35.5. The number of sulfonamides is 1. The molecule has 32 heavy (non-hydrogen) atoms. The SMILES string of the molecule is O=C(O)COc1cccc(CN(CCCc2cccc(Cl)c2)S(=O)(=O)c2cccnc2)c1. The molecule has 0 aliphatic carbocycles. The Balaban J connectivity index is 1.79. The van der Waals surface area contributed by atoms with Crippen molar-refractivity contribution < 1.29 is 23.1 Å². The number of ether oxygens (including phenoxy) is 1. The van der Waals surface area contributed by atoms with Crippen LogP contribution in [0.5, 0.6) is 5.75 Å². The molecule has 0 radical (unpaired) electrons. The summed E-state index contributed by atoms with van der Waals surface area (Å²) in [5.41, 5.74) is 1.71. The number of aromatic nitrogens is 1. The Morgan fingerprint density at radius 1 is 1.06 bits per heavy atom. The Kier molecular flexibility index (Phi) is 8.21. The molecule has 0 atom stereocenters. The fraction of sp³-hybridized carbons (Fsp3) is 0.217. The van der Waals surface area contributed by atoms with Crippen molar-refractivity contribution in [1.29, 1.82) is 0 Å². The molecule has 1 heterocycles. The molecule has 0 spiro atoms. The van der Waals surface area contributed by atoms with Gasteiger partial charge in [-0.05, 0) is 60.4 Å². The van der Waals surface area contributed by atoms with Crippen molar-refractivity contribution in [3.8, 4) is 5.75 Å². The molecule has 168 valence electrons. The van der Waals surface area contributed by atoms with Gasteiger partial charge in [-0.15, -0.1) is 0 Å². The van der Waals surface area contributed by atoms with Crippen LogP contribution in [0, 0.1) is 0 Å². The van der Waals surface area contributed by atoms with E-state index in [9.17, 15) is 13.2 Å². The quantitative estimate of drug-likeness (QED) is 0.450. The predicted molar refractivity (Wildman–Crippen MR) is 121 cm³/mol. The summed E-state index contributed by atoms with van der Waals surface area (Å²) in [6.07, 6.45) is 4.11. The standard InChI is InChI=1S/C23H23ClN2O5S/c24-20-8-1-5-18(13-20)7-4-12-26(32(29,30)22-10-3-11-25-15-22)16-19-6-2-9-21(14-19)31-17-23(27)28/h1-3,5-6,8-11,13-15H,4,7,12,16-17H2,(H,27,28). The maximum Gasteiger partial charge on any atom is 0.341 e. The second-order valence-electron chi connectivity index (χ2n) is 7.09. The largest absolute Gasteiger partial charge is 0.482 e. The maximum absolute atomic E-state index is 13.3. The fourth-order valence-corrected chi connectivity index (χ4v) is 4.81. The zero-order valence-corrected chi connectivity index (χ0v) is 18.8. The third-order valence-corrected chi connectivity index (χ3v) is 6.72. The maximum atomic E-state index is 13.3. The van der Waals surface area contributed by atoms with Gasteiger partial charge in [-0.1, -0.05) is 35.9 Å². The Morgan fingerprint density at radius 3 is 2.56 bits per heavy atom. The molecule has 1 aromatic heterocycles. The summed E-state index contributed by atoms with van der Waals surface area (Å²) in [6, 6.07) is 17.3. The van der Waals surface area contributed by atoms with E-state index in [1.165, 1.54) is 22.8 Å². The van der Waals surface area contributed by atoms with Gasteiger partial charge < -0.3 is 9.84 Å². The molecule has 0 aliphatic rings. The summed E-state index contributed by atoms with van der Waals surface area (Å²) >= 11 is 6.04. The molecule has 7 nitrogen and oxygen atoms in total. The number of aryl methyl sites for hydroxylation is 1. The van der Waals surface area contributed by atoms with Crippen molar-refractivity contribution in [2.24, 2.45) is 0 Å². The molecule has 0 fully saturated rings. The van der Waals surface area contributed by atoms with E-state index in [0.717, 1.165) is 5.56 Å². The fourth-order valence-electron chi connectivity index (χ4n) is 3.17. The first-order chi connectivity index (χ1) is 15.3. The topological polar surface area (TPSA) is 96.8 Å². The van der Waals surface area contributed by atoms with Crippen LogP contribution in [-0.4, -0.2) is 41.9 Å². The van der Waals surface area contributed by atoms with E-state index in [1.54, 1.807) is 36.4 Å². The zero-order chi connectivity index (χ0) is 23.0. The minimum Gasteiger partial charge on any atom is -0.482 e. The van der Waals surface area contributed by atoms with Crippen molar-refractivity contribution in [2.45, 2.75) is 24.3 Å². The molecular weight excluding hydrogens is 452 g/mol. The zero-order valence-electron chi connectivity index (χ0n) is 17.2. The lowest BCUT2D eigenvalue weighted by Crippen LogP contribution is -2.32. The van der Waals surface area contributed by atoms with E-state index in [0.29, 0.717) is 29.2 Å². The van der Waals surface area contributed by atoms with E-state index >= 15 is 0 Å². The average Bonchev–Trinajstić information content (AvgIpc) is 2.78. The summed E-state index contributed by atoms with van der Waals surface area (Å²) in [4.78, 5) is 14.8. The lowest BCUT2D eigenvalue weighted by Gasteiger charge is -2.22. The van der Waals surface area contributed by atoms with Crippen molar-refractivity contribution in [3.05, 3.63) is 89.2 Å². The van der Waals surface area contributed by atoms with Gasteiger partial charge >= 0.3 is 5.97 Å². The highest BCUT2D eigenvalue weighted by Gasteiger charge is 2.24. The van der Waals surface area contributed by atoms with Crippen LogP contribution in [-0.2, 0) is 27.8 Å². The normalized spacial score (nSPS) is 11.4. The number of carboxylic acids is 1. The number of rotatable bonds is 11. The number of hydrogen-bond donors (Lipinski definition) is 1. The van der Waals surface area contributed by atoms with E-state index in [-0.39, 0.29) is 18.0 Å². The molecule has 0 amide bonds. The third kappa shape index (κ3) is 6.78. The number of aliphatic carboxylic acids is 1. The lowest BCUT2D eigenvalue weighted by atomic mass is 10.1. The van der Waals surface area contributed by atoms with Crippen molar-refractivity contribution in [1.82, 2.24) is 9.29 Å². The van der Waals surface area contributed by atoms with Crippen LogP contribution in [0.1, 0.15) is 17.5 Å². The first-order valence-corrected chi connectivity index (χ1v) is 11.7. The summed E-state index contributed by atoms with van der Waals surface area (Å²) in [6.45, 7) is -0.0816. The molecule has 0 unspecified atom stereocenters. The van der Waals surface area contributed by atoms with Gasteiger partial charge in [0.05, 0.1) is 0 Å². The molecular formula is C23H23ClN2O5S. The Morgan fingerprint density at radius 2 is 1.84 bits per heavy atom. The smallest absolute Gasteiger partial charge is 0.341 e. The Bertz CT molecular complexity index is 1160. The predicted octanol–water partition coefficient (Wildman–Crippen LogP) is 4.02. The van der Waals surface area contributed by atoms with Crippen molar-refractivity contribution in [3.63, 3.8) is 0 Å². The van der Waals surface area contributed by atoms with Crippen LogP contribution >= 0.6 is 11.6 Å². The number of pyridine rings is 1. The highest BCUT2D eigenvalue weighted by molar-refractivity contribution is 7.89. The molecule has 0 saturated carbocycles. The molecule has 0 saturated heterocycles. The minimum atomic E-state index is -3.79. The van der Waals surface area contributed by atoms with Gasteiger partial charge in [0.1, 0.15) is 10.6 Å². The molecule has 1 N–H and O–H groups in total. The summed E-state index contributed by atoms with van der Waals surface area (Å²) in [7, 11) is -3.79. The first-order valence-electron chi connectivity index (χ1n) is 9.93. The van der Waals surface area contributed by atoms with E-state index < -0.39 is 22.6 Å². The molecule has 9 heteroatoms. The average molecular weight is 475 g/mol. The molecule has 0 aliphatic heterocycles. The highest BCUT2D eigenvalue weighted by Crippen LogP contribution is 2.21. The minimum absolute atomic E-state index is 0.108. The van der Waals surface area contributed by atoms with Crippen LogP contribution < -0.4 is 4.74 Å². The third-order valence-electron chi connectivity index (χ3n) is 4.65. The Labute approximate surface area is 192 Å². The van der Waals surface area contributed by atoms with Gasteiger partial charge in [-0.2, -0.15) is 4.31 Å². The van der Waals surface area contributed by atoms with Gasteiger partial charge in [0, 0.05) is 30.5 Å². The summed E-state index contributed by atoms with van der Waals surface area (Å²) in [5, 5.41) is 9.44. The van der Waals surface area contributed by atoms with E-state index in [1.807, 2.05) is 18.2 Å². The second kappa shape index (κ2) is 11.1. The van der Waals surface area contributed by atoms with Crippen LogP contribution in [0.2, 0.25) is 5.02 Å². The second-order valence-corrected chi connectivity index (χ2v) is 9.46.